The number of halogens is 1. The maximum Gasteiger partial charge on any atom is 0.238 e. The molecule has 0 spiro atoms. The molecule has 1 atom stereocenters. The van der Waals surface area contributed by atoms with Crippen molar-refractivity contribution in [1.29, 1.82) is 0 Å². The Morgan fingerprint density at radius 1 is 1.12 bits per heavy atom. The second-order valence-electron chi connectivity index (χ2n) is 5.85. The van der Waals surface area contributed by atoms with Crippen LogP contribution in [0.25, 0.3) is 0 Å². The number of amides is 2. The zero-order chi connectivity index (χ0) is 17.1. The van der Waals surface area contributed by atoms with Gasteiger partial charge in [-0.2, -0.15) is 0 Å². The monoisotopic (exact) mass is 387 g/mol. The normalized spacial score (nSPS) is 17.1. The Labute approximate surface area is 149 Å². The molecule has 6 heteroatoms. The van der Waals surface area contributed by atoms with Crippen molar-refractivity contribution < 1.29 is 9.59 Å². The van der Waals surface area contributed by atoms with Crippen LogP contribution in [-0.2, 0) is 22.6 Å². The van der Waals surface area contributed by atoms with Gasteiger partial charge in [0.05, 0.1) is 12.6 Å². The summed E-state index contributed by atoms with van der Waals surface area (Å²) in [5.74, 6) is -0.566. The molecule has 5 nitrogen and oxygen atoms in total. The van der Waals surface area contributed by atoms with E-state index in [0.29, 0.717) is 13.0 Å². The largest absolute Gasteiger partial charge is 0.368 e. The summed E-state index contributed by atoms with van der Waals surface area (Å²) in [4.78, 5) is 26.0. The number of nitrogens with two attached hydrogens (primary N) is 1. The van der Waals surface area contributed by atoms with Gasteiger partial charge in [0.15, 0.2) is 0 Å². The van der Waals surface area contributed by atoms with Crippen molar-refractivity contribution in [2.45, 2.75) is 19.0 Å². The van der Waals surface area contributed by atoms with Crippen molar-refractivity contribution in [2.24, 2.45) is 5.73 Å². The van der Waals surface area contributed by atoms with E-state index in [1.165, 1.54) is 0 Å². The molecule has 1 aliphatic heterocycles. The minimum Gasteiger partial charge on any atom is -0.368 e. The van der Waals surface area contributed by atoms with Crippen molar-refractivity contribution in [3.05, 3.63) is 64.1 Å². The highest BCUT2D eigenvalue weighted by molar-refractivity contribution is 9.10. The van der Waals surface area contributed by atoms with Crippen molar-refractivity contribution in [3.8, 4) is 0 Å². The second kappa shape index (κ2) is 7.15. The zero-order valence-corrected chi connectivity index (χ0v) is 14.6. The van der Waals surface area contributed by atoms with Gasteiger partial charge in [-0.3, -0.25) is 14.5 Å². The average molecular weight is 388 g/mol. The molecule has 2 amide bonds. The molecule has 2 aromatic rings. The molecule has 0 aliphatic carbocycles. The number of nitrogens with zero attached hydrogens (tertiary/aromatic N) is 1. The van der Waals surface area contributed by atoms with E-state index in [1.54, 1.807) is 0 Å². The Bertz CT molecular complexity index is 761. The SMILES string of the molecule is NC(=O)[C@@H]1Cc2ccccc2CN1CC(=O)Nc1ccc(Br)cc1. The Morgan fingerprint density at radius 2 is 1.79 bits per heavy atom. The summed E-state index contributed by atoms with van der Waals surface area (Å²) in [6.45, 7) is 0.662. The van der Waals surface area contributed by atoms with E-state index >= 15 is 0 Å². The van der Waals surface area contributed by atoms with E-state index < -0.39 is 11.9 Å². The maximum absolute atomic E-state index is 12.3. The first-order valence-corrected chi connectivity index (χ1v) is 8.48. The Kier molecular flexibility index (Phi) is 4.97. The summed E-state index contributed by atoms with van der Waals surface area (Å²) in [6, 6.07) is 14.8. The van der Waals surface area contributed by atoms with Crippen LogP contribution in [0, 0.1) is 0 Å². The standard InChI is InChI=1S/C18H18BrN3O2/c19-14-5-7-15(8-6-14)21-17(23)11-22-10-13-4-2-1-3-12(13)9-16(22)18(20)24/h1-8,16H,9-11H2,(H2,20,24)(H,21,23)/t16-/m0/s1. The molecule has 2 aromatic carbocycles. The second-order valence-corrected chi connectivity index (χ2v) is 6.77. The lowest BCUT2D eigenvalue weighted by Crippen LogP contribution is -2.50. The van der Waals surface area contributed by atoms with Crippen molar-refractivity contribution in [3.63, 3.8) is 0 Å². The molecular formula is C18H18BrN3O2. The van der Waals surface area contributed by atoms with Crippen LogP contribution in [0.15, 0.2) is 53.0 Å². The van der Waals surface area contributed by atoms with Crippen LogP contribution in [-0.4, -0.2) is 29.3 Å². The molecule has 1 aliphatic rings. The predicted octanol–water partition coefficient (Wildman–Crippen LogP) is 2.30. The van der Waals surface area contributed by atoms with E-state index in [0.717, 1.165) is 21.3 Å². The fourth-order valence-electron chi connectivity index (χ4n) is 2.94. The molecule has 3 N–H and O–H groups in total. The highest BCUT2D eigenvalue weighted by Gasteiger charge is 2.31. The van der Waals surface area contributed by atoms with Crippen LogP contribution >= 0.6 is 15.9 Å². The summed E-state index contributed by atoms with van der Waals surface area (Å²) < 4.78 is 0.946. The molecule has 0 aromatic heterocycles. The Hall–Kier alpha value is -2.18. The van der Waals surface area contributed by atoms with Gasteiger partial charge in [0, 0.05) is 16.7 Å². The average Bonchev–Trinajstić information content (AvgIpc) is 2.56. The maximum atomic E-state index is 12.3. The third-order valence-corrected chi connectivity index (χ3v) is 4.68. The van der Waals surface area contributed by atoms with Gasteiger partial charge in [-0.25, -0.2) is 0 Å². The number of benzene rings is 2. The predicted molar refractivity (Wildman–Crippen MR) is 96.3 cm³/mol. The number of rotatable bonds is 4. The van der Waals surface area contributed by atoms with Crippen molar-refractivity contribution in [1.82, 2.24) is 4.90 Å². The van der Waals surface area contributed by atoms with Crippen LogP contribution in [0.3, 0.4) is 0 Å². The molecule has 0 saturated heterocycles. The number of fused-ring (bicyclic) bond motifs is 1. The van der Waals surface area contributed by atoms with Gasteiger partial charge in [-0.05, 0) is 41.8 Å². The van der Waals surface area contributed by atoms with Gasteiger partial charge < -0.3 is 11.1 Å². The van der Waals surface area contributed by atoms with Gasteiger partial charge in [-0.15, -0.1) is 0 Å². The van der Waals surface area contributed by atoms with E-state index in [-0.39, 0.29) is 12.5 Å². The Balaban J connectivity index is 1.71. The number of hydrogen-bond acceptors (Lipinski definition) is 3. The van der Waals surface area contributed by atoms with Crippen LogP contribution < -0.4 is 11.1 Å². The fourth-order valence-corrected chi connectivity index (χ4v) is 3.21. The minimum atomic E-state index is -0.462. The lowest BCUT2D eigenvalue weighted by molar-refractivity contribution is -0.125. The quantitative estimate of drug-likeness (QED) is 0.844. The summed E-state index contributed by atoms with van der Waals surface area (Å²) in [5, 5.41) is 2.85. The Morgan fingerprint density at radius 3 is 2.46 bits per heavy atom. The van der Waals surface area contributed by atoms with Crippen LogP contribution in [0.5, 0.6) is 0 Å². The molecule has 0 bridgehead atoms. The van der Waals surface area contributed by atoms with Gasteiger partial charge in [0.1, 0.15) is 0 Å². The van der Waals surface area contributed by atoms with Gasteiger partial charge >= 0.3 is 0 Å². The first-order chi connectivity index (χ1) is 11.5. The molecule has 124 valence electrons. The molecule has 0 saturated carbocycles. The smallest absolute Gasteiger partial charge is 0.238 e. The fraction of sp³-hybridized carbons (Fsp3) is 0.222. The van der Waals surface area contributed by atoms with E-state index in [4.69, 9.17) is 5.73 Å². The molecule has 24 heavy (non-hydrogen) atoms. The highest BCUT2D eigenvalue weighted by atomic mass is 79.9. The number of hydrogen-bond donors (Lipinski definition) is 2. The zero-order valence-electron chi connectivity index (χ0n) is 13.0. The number of nitrogens with one attached hydrogen (secondary N) is 1. The number of anilines is 1. The van der Waals surface area contributed by atoms with Gasteiger partial charge in [-0.1, -0.05) is 40.2 Å². The summed E-state index contributed by atoms with van der Waals surface area (Å²) in [7, 11) is 0. The number of primary amides is 1. The summed E-state index contributed by atoms with van der Waals surface area (Å²) >= 11 is 3.36. The number of carbonyl (C=O) groups excluding carboxylic acids is 2. The molecule has 0 radical (unpaired) electrons. The number of carbonyl (C=O) groups is 2. The van der Waals surface area contributed by atoms with E-state index in [9.17, 15) is 9.59 Å². The highest BCUT2D eigenvalue weighted by Crippen LogP contribution is 2.23. The van der Waals surface area contributed by atoms with Crippen molar-refractivity contribution >= 4 is 33.4 Å². The van der Waals surface area contributed by atoms with Crippen molar-refractivity contribution in [2.75, 3.05) is 11.9 Å². The molecule has 0 fully saturated rings. The van der Waals surface area contributed by atoms with Crippen LogP contribution in [0.2, 0.25) is 0 Å². The first kappa shape index (κ1) is 16.7. The topological polar surface area (TPSA) is 75.4 Å². The lowest BCUT2D eigenvalue weighted by Gasteiger charge is -2.34. The third kappa shape index (κ3) is 3.83. The van der Waals surface area contributed by atoms with Crippen LogP contribution in [0.1, 0.15) is 11.1 Å². The first-order valence-electron chi connectivity index (χ1n) is 7.68. The lowest BCUT2D eigenvalue weighted by atomic mass is 9.93. The van der Waals surface area contributed by atoms with E-state index in [2.05, 4.69) is 21.2 Å². The van der Waals surface area contributed by atoms with Gasteiger partial charge in [0.25, 0.3) is 0 Å². The third-order valence-electron chi connectivity index (χ3n) is 4.15. The van der Waals surface area contributed by atoms with Gasteiger partial charge in [0.2, 0.25) is 11.8 Å². The summed E-state index contributed by atoms with van der Waals surface area (Å²) in [5.41, 5.74) is 8.51. The molecule has 3 rings (SSSR count). The minimum absolute atomic E-state index is 0.123. The van der Waals surface area contributed by atoms with E-state index in [1.807, 2.05) is 53.4 Å². The summed E-state index contributed by atoms with van der Waals surface area (Å²) in [6.07, 6.45) is 0.539. The molecular weight excluding hydrogens is 370 g/mol. The molecule has 0 unspecified atom stereocenters. The molecule has 1 heterocycles. The van der Waals surface area contributed by atoms with Crippen LogP contribution in [0.4, 0.5) is 5.69 Å².